The van der Waals surface area contributed by atoms with Gasteiger partial charge in [0.1, 0.15) is 0 Å². The molecule has 0 aliphatic heterocycles. The van der Waals surface area contributed by atoms with E-state index in [0.717, 1.165) is 21.9 Å². The summed E-state index contributed by atoms with van der Waals surface area (Å²) >= 11 is 6.56. The number of rotatable bonds is 2. The van der Waals surface area contributed by atoms with Gasteiger partial charge in [-0.05, 0) is 59.3 Å². The largest absolute Gasteiger partial charge is 0.309 e. The van der Waals surface area contributed by atoms with Crippen LogP contribution in [0.1, 0.15) is 0 Å². The van der Waals surface area contributed by atoms with Gasteiger partial charge in [0.15, 0.2) is 0 Å². The molecule has 3 heteroatoms. The van der Waals surface area contributed by atoms with Gasteiger partial charge in [0.25, 0.3) is 0 Å². The molecule has 0 spiro atoms. The molecule has 0 saturated carbocycles. The van der Waals surface area contributed by atoms with Crippen molar-refractivity contribution in [2.45, 2.75) is 0 Å². The Kier molecular flexibility index (Phi) is 4.31. The Balaban J connectivity index is 1.52. The lowest BCUT2D eigenvalue weighted by atomic mass is 10.0. The van der Waals surface area contributed by atoms with E-state index < -0.39 is 0 Å². The first-order valence-electron chi connectivity index (χ1n) is 12.5. The summed E-state index contributed by atoms with van der Waals surface area (Å²) in [6.07, 6.45) is 0. The number of nitrogens with zero attached hydrogens (tertiary/aromatic N) is 2. The van der Waals surface area contributed by atoms with Crippen molar-refractivity contribution in [2.75, 3.05) is 0 Å². The van der Waals surface area contributed by atoms with Crippen LogP contribution in [0.15, 0.2) is 127 Å². The van der Waals surface area contributed by atoms with Crippen LogP contribution in [0.25, 0.3) is 65.8 Å². The number of halogens is 1. The van der Waals surface area contributed by atoms with Crippen molar-refractivity contribution < 1.29 is 0 Å². The van der Waals surface area contributed by atoms with Gasteiger partial charge in [-0.25, -0.2) is 0 Å². The fraction of sp³-hybridized carbons (Fsp3) is 0. The number of hydrogen-bond acceptors (Lipinski definition) is 0. The Morgan fingerprint density at radius 1 is 0.405 bits per heavy atom. The summed E-state index contributed by atoms with van der Waals surface area (Å²) in [7, 11) is 0. The molecule has 0 N–H and O–H groups in total. The van der Waals surface area contributed by atoms with Crippen molar-refractivity contribution in [1.29, 1.82) is 0 Å². The molecule has 2 heterocycles. The van der Waals surface area contributed by atoms with E-state index in [1.165, 1.54) is 48.9 Å². The van der Waals surface area contributed by atoms with Crippen LogP contribution in [-0.4, -0.2) is 9.13 Å². The van der Waals surface area contributed by atoms with Crippen LogP contribution in [0.5, 0.6) is 0 Å². The van der Waals surface area contributed by atoms with Crippen molar-refractivity contribution in [3.05, 3.63) is 132 Å². The van der Waals surface area contributed by atoms with Crippen molar-refractivity contribution in [3.63, 3.8) is 0 Å². The maximum Gasteiger partial charge on any atom is 0.0561 e. The Bertz CT molecular complexity index is 2150. The van der Waals surface area contributed by atoms with Gasteiger partial charge in [0.05, 0.1) is 22.1 Å². The molecule has 8 rings (SSSR count). The van der Waals surface area contributed by atoms with Gasteiger partial charge in [-0.2, -0.15) is 0 Å². The monoisotopic (exact) mass is 492 g/mol. The standard InChI is InChI=1S/C34H21ClN2/c35-23-15-17-29-32(20-23)37(31-19-14-22-8-4-5-11-26(22)34(29)31)25-16-18-28-27-12-6-7-13-30(27)36(33(28)21-25)24-9-2-1-3-10-24/h1-21H. The summed E-state index contributed by atoms with van der Waals surface area (Å²) in [5.74, 6) is 0. The molecule has 0 unspecified atom stereocenters. The fourth-order valence-corrected chi connectivity index (χ4v) is 6.16. The molecule has 0 aliphatic rings. The van der Waals surface area contributed by atoms with Crippen LogP contribution in [0, 0.1) is 0 Å². The van der Waals surface area contributed by atoms with Crippen molar-refractivity contribution in [2.24, 2.45) is 0 Å². The van der Waals surface area contributed by atoms with E-state index in [2.05, 4.69) is 130 Å². The van der Waals surface area contributed by atoms with E-state index in [4.69, 9.17) is 11.6 Å². The molecule has 0 saturated heterocycles. The highest BCUT2D eigenvalue weighted by Gasteiger charge is 2.17. The van der Waals surface area contributed by atoms with Gasteiger partial charge in [-0.1, -0.05) is 90.5 Å². The molecule has 0 atom stereocenters. The third-order valence-corrected chi connectivity index (χ3v) is 7.78. The predicted molar refractivity (Wildman–Crippen MR) is 158 cm³/mol. The molecular weight excluding hydrogens is 472 g/mol. The van der Waals surface area contributed by atoms with Crippen molar-refractivity contribution in [1.82, 2.24) is 9.13 Å². The number of hydrogen-bond donors (Lipinski definition) is 0. The predicted octanol–water partition coefficient (Wildman–Crippen LogP) is 9.69. The minimum Gasteiger partial charge on any atom is -0.309 e. The minimum absolute atomic E-state index is 0.736. The first kappa shape index (κ1) is 20.6. The van der Waals surface area contributed by atoms with E-state index >= 15 is 0 Å². The van der Waals surface area contributed by atoms with Crippen LogP contribution in [0.2, 0.25) is 5.02 Å². The average molecular weight is 493 g/mol. The second-order valence-electron chi connectivity index (χ2n) is 9.57. The molecule has 0 amide bonds. The van der Waals surface area contributed by atoms with E-state index in [9.17, 15) is 0 Å². The summed E-state index contributed by atoms with van der Waals surface area (Å²) in [6, 6.07) is 45.4. The molecule has 0 bridgehead atoms. The van der Waals surface area contributed by atoms with Gasteiger partial charge < -0.3 is 9.13 Å². The second kappa shape index (κ2) is 7.73. The number of fused-ring (bicyclic) bond motifs is 8. The number of aromatic nitrogens is 2. The van der Waals surface area contributed by atoms with E-state index in [1.54, 1.807) is 0 Å². The molecule has 2 aromatic heterocycles. The highest BCUT2D eigenvalue weighted by atomic mass is 35.5. The SMILES string of the molecule is Clc1ccc2c3c4ccccc4ccc3n(-c3ccc4c5ccccc5n(-c5ccccc5)c4c3)c2c1. The third kappa shape index (κ3) is 2.94. The normalized spacial score (nSPS) is 11.9. The zero-order chi connectivity index (χ0) is 24.5. The van der Waals surface area contributed by atoms with Crippen LogP contribution >= 0.6 is 11.6 Å². The smallest absolute Gasteiger partial charge is 0.0561 e. The highest BCUT2D eigenvalue weighted by Crippen LogP contribution is 2.39. The molecule has 2 nitrogen and oxygen atoms in total. The van der Waals surface area contributed by atoms with Gasteiger partial charge >= 0.3 is 0 Å². The Labute approximate surface area is 218 Å². The molecular formula is C34H21ClN2. The van der Waals surface area contributed by atoms with E-state index in [1.807, 2.05) is 6.07 Å². The van der Waals surface area contributed by atoms with Gasteiger partial charge in [0.2, 0.25) is 0 Å². The van der Waals surface area contributed by atoms with Crippen LogP contribution in [-0.2, 0) is 0 Å². The molecule has 37 heavy (non-hydrogen) atoms. The van der Waals surface area contributed by atoms with E-state index in [0.29, 0.717) is 0 Å². The quantitative estimate of drug-likeness (QED) is 0.227. The molecule has 174 valence electrons. The first-order valence-corrected chi connectivity index (χ1v) is 12.9. The highest BCUT2D eigenvalue weighted by molar-refractivity contribution is 6.32. The van der Waals surface area contributed by atoms with Crippen molar-refractivity contribution in [3.8, 4) is 11.4 Å². The Hall–Kier alpha value is -4.53. The van der Waals surface area contributed by atoms with Crippen LogP contribution < -0.4 is 0 Å². The van der Waals surface area contributed by atoms with Gasteiger partial charge in [0, 0.05) is 37.9 Å². The summed E-state index contributed by atoms with van der Waals surface area (Å²) in [5, 5.41) is 8.19. The minimum atomic E-state index is 0.736. The average Bonchev–Trinajstić information content (AvgIpc) is 3.45. The van der Waals surface area contributed by atoms with Gasteiger partial charge in [-0.3, -0.25) is 0 Å². The molecule has 6 aromatic carbocycles. The summed E-state index contributed by atoms with van der Waals surface area (Å²) in [6.45, 7) is 0. The lowest BCUT2D eigenvalue weighted by Gasteiger charge is -2.11. The molecule has 8 aromatic rings. The Morgan fingerprint density at radius 2 is 1.08 bits per heavy atom. The van der Waals surface area contributed by atoms with Gasteiger partial charge in [-0.15, -0.1) is 0 Å². The molecule has 0 radical (unpaired) electrons. The second-order valence-corrected chi connectivity index (χ2v) is 10.0. The summed E-state index contributed by atoms with van der Waals surface area (Å²) < 4.78 is 4.72. The topological polar surface area (TPSA) is 9.86 Å². The lowest BCUT2D eigenvalue weighted by molar-refractivity contribution is 1.15. The Morgan fingerprint density at radius 3 is 1.97 bits per heavy atom. The summed E-state index contributed by atoms with van der Waals surface area (Å²) in [5.41, 5.74) is 6.95. The zero-order valence-corrected chi connectivity index (χ0v) is 20.7. The lowest BCUT2D eigenvalue weighted by Crippen LogP contribution is -1.96. The maximum absolute atomic E-state index is 6.56. The number of benzene rings is 6. The van der Waals surface area contributed by atoms with Crippen LogP contribution in [0.4, 0.5) is 0 Å². The zero-order valence-electron chi connectivity index (χ0n) is 19.9. The first-order chi connectivity index (χ1) is 18.3. The molecule has 0 fully saturated rings. The number of para-hydroxylation sites is 2. The third-order valence-electron chi connectivity index (χ3n) is 7.55. The molecule has 0 aliphatic carbocycles. The fourth-order valence-electron chi connectivity index (χ4n) is 5.99. The summed E-state index contributed by atoms with van der Waals surface area (Å²) in [4.78, 5) is 0. The van der Waals surface area contributed by atoms with Crippen molar-refractivity contribution >= 4 is 66.0 Å². The van der Waals surface area contributed by atoms with E-state index in [-0.39, 0.29) is 0 Å². The maximum atomic E-state index is 6.56. The van der Waals surface area contributed by atoms with Crippen LogP contribution in [0.3, 0.4) is 0 Å².